The lowest BCUT2D eigenvalue weighted by atomic mass is 9.98. The highest BCUT2D eigenvalue weighted by atomic mass is 16.2. The third-order valence-electron chi connectivity index (χ3n) is 5.37. The number of piperidine rings is 1. The first-order valence-electron chi connectivity index (χ1n) is 8.79. The predicted octanol–water partition coefficient (Wildman–Crippen LogP) is 4.04. The van der Waals surface area contributed by atoms with Gasteiger partial charge in [0.05, 0.1) is 6.04 Å². The average Bonchev–Trinajstić information content (AvgIpc) is 3.05. The fourth-order valence-electron chi connectivity index (χ4n) is 4.13. The Hall–Kier alpha value is -1.35. The molecule has 1 heterocycles. The number of hydrogen-bond acceptors (Lipinski definition) is 2. The zero-order valence-electron chi connectivity index (χ0n) is 13.9. The Labute approximate surface area is 134 Å². The molecule has 0 aromatic heterocycles. The smallest absolute Gasteiger partial charge is 0.241 e. The molecule has 1 aromatic rings. The largest absolute Gasteiger partial charge is 0.324 e. The van der Waals surface area contributed by atoms with Crippen LogP contribution >= 0.6 is 0 Å². The highest BCUT2D eigenvalue weighted by molar-refractivity contribution is 5.96. The molecular weight excluding hydrogens is 272 g/mol. The van der Waals surface area contributed by atoms with Crippen LogP contribution in [0.15, 0.2) is 18.2 Å². The lowest BCUT2D eigenvalue weighted by Gasteiger charge is -2.39. The lowest BCUT2D eigenvalue weighted by molar-refractivity contribution is -0.123. The number of rotatable bonds is 3. The van der Waals surface area contributed by atoms with E-state index in [0.29, 0.717) is 6.04 Å². The maximum atomic E-state index is 12.9. The highest BCUT2D eigenvalue weighted by Crippen LogP contribution is 2.30. The van der Waals surface area contributed by atoms with Crippen LogP contribution in [0.3, 0.4) is 0 Å². The summed E-state index contributed by atoms with van der Waals surface area (Å²) in [6.07, 6.45) is 8.62. The van der Waals surface area contributed by atoms with Crippen LogP contribution in [0.25, 0.3) is 0 Å². The molecule has 1 saturated carbocycles. The van der Waals surface area contributed by atoms with Crippen molar-refractivity contribution < 1.29 is 4.79 Å². The van der Waals surface area contributed by atoms with Gasteiger partial charge in [-0.25, -0.2) is 0 Å². The maximum absolute atomic E-state index is 12.9. The molecule has 1 aliphatic heterocycles. The van der Waals surface area contributed by atoms with Gasteiger partial charge in [0.15, 0.2) is 0 Å². The Bertz CT molecular complexity index is 514. The van der Waals surface area contributed by atoms with Gasteiger partial charge in [0.1, 0.15) is 0 Å². The van der Waals surface area contributed by atoms with Gasteiger partial charge in [-0.3, -0.25) is 9.69 Å². The highest BCUT2D eigenvalue weighted by Gasteiger charge is 2.34. The number of nitrogens with one attached hydrogen (secondary N) is 1. The molecule has 3 heteroatoms. The Kier molecular flexibility index (Phi) is 4.82. The molecule has 22 heavy (non-hydrogen) atoms. The molecule has 0 radical (unpaired) electrons. The van der Waals surface area contributed by atoms with Crippen LogP contribution < -0.4 is 5.32 Å². The van der Waals surface area contributed by atoms with E-state index in [-0.39, 0.29) is 11.9 Å². The fraction of sp³-hybridized carbons (Fsp3) is 0.632. The molecular formula is C19H28N2O. The third kappa shape index (κ3) is 3.19. The summed E-state index contributed by atoms with van der Waals surface area (Å²) in [5.41, 5.74) is 3.30. The van der Waals surface area contributed by atoms with Crippen LogP contribution in [0.4, 0.5) is 5.69 Å². The van der Waals surface area contributed by atoms with Crippen molar-refractivity contribution in [2.45, 2.75) is 70.9 Å². The first kappa shape index (κ1) is 15.5. The van der Waals surface area contributed by atoms with Crippen molar-refractivity contribution in [1.29, 1.82) is 0 Å². The van der Waals surface area contributed by atoms with Gasteiger partial charge < -0.3 is 5.32 Å². The molecule has 1 aliphatic carbocycles. The van der Waals surface area contributed by atoms with E-state index in [0.717, 1.165) is 29.8 Å². The minimum absolute atomic E-state index is 0.0656. The van der Waals surface area contributed by atoms with Crippen molar-refractivity contribution in [2.24, 2.45) is 0 Å². The first-order valence-corrected chi connectivity index (χ1v) is 8.79. The number of nitrogens with zero attached hydrogens (tertiary/aromatic N) is 1. The Morgan fingerprint density at radius 3 is 2.36 bits per heavy atom. The Morgan fingerprint density at radius 1 is 1.05 bits per heavy atom. The second-order valence-corrected chi connectivity index (χ2v) is 6.94. The summed E-state index contributed by atoms with van der Waals surface area (Å²) >= 11 is 0. The van der Waals surface area contributed by atoms with Crippen LogP contribution in [-0.4, -0.2) is 29.4 Å². The van der Waals surface area contributed by atoms with Crippen molar-refractivity contribution in [2.75, 3.05) is 11.9 Å². The summed E-state index contributed by atoms with van der Waals surface area (Å²) in [5.74, 6) is 0.198. The summed E-state index contributed by atoms with van der Waals surface area (Å²) < 4.78 is 0. The first-order chi connectivity index (χ1) is 10.7. The molecule has 0 bridgehead atoms. The SMILES string of the molecule is Cc1cccc(C)c1NC(=O)C1CCCCN1C1CCCC1. The van der Waals surface area contributed by atoms with E-state index in [1.165, 1.54) is 38.5 Å². The molecule has 120 valence electrons. The number of aryl methyl sites for hydroxylation is 2. The van der Waals surface area contributed by atoms with E-state index < -0.39 is 0 Å². The van der Waals surface area contributed by atoms with Gasteiger partial charge in [0.25, 0.3) is 0 Å². The quantitative estimate of drug-likeness (QED) is 0.913. The number of para-hydroxylation sites is 1. The summed E-state index contributed by atoms with van der Waals surface area (Å²) in [6.45, 7) is 5.23. The average molecular weight is 300 g/mol. The number of hydrogen-bond donors (Lipinski definition) is 1. The molecule has 1 aromatic carbocycles. The fourth-order valence-corrected chi connectivity index (χ4v) is 4.13. The minimum atomic E-state index is 0.0656. The van der Waals surface area contributed by atoms with E-state index in [9.17, 15) is 4.79 Å². The van der Waals surface area contributed by atoms with E-state index in [1.807, 2.05) is 6.07 Å². The third-order valence-corrected chi connectivity index (χ3v) is 5.37. The number of likely N-dealkylation sites (tertiary alicyclic amines) is 1. The maximum Gasteiger partial charge on any atom is 0.241 e. The molecule has 2 aliphatic rings. The van der Waals surface area contributed by atoms with E-state index in [4.69, 9.17) is 0 Å². The molecule has 3 nitrogen and oxygen atoms in total. The van der Waals surface area contributed by atoms with Crippen LogP contribution in [0.5, 0.6) is 0 Å². The summed E-state index contributed by atoms with van der Waals surface area (Å²) in [5, 5.41) is 3.22. The number of carbonyl (C=O) groups excluding carboxylic acids is 1. The minimum Gasteiger partial charge on any atom is -0.324 e. The van der Waals surface area contributed by atoms with Crippen LogP contribution in [0.1, 0.15) is 56.1 Å². The summed E-state index contributed by atoms with van der Waals surface area (Å²) in [4.78, 5) is 15.4. The van der Waals surface area contributed by atoms with Gasteiger partial charge in [-0.05, 0) is 57.2 Å². The van der Waals surface area contributed by atoms with E-state index in [1.54, 1.807) is 0 Å². The molecule has 3 rings (SSSR count). The normalized spacial score (nSPS) is 23.6. The van der Waals surface area contributed by atoms with Gasteiger partial charge in [-0.1, -0.05) is 37.5 Å². The number of amides is 1. The van der Waals surface area contributed by atoms with Crippen LogP contribution in [0, 0.1) is 13.8 Å². The van der Waals surface area contributed by atoms with Crippen molar-refractivity contribution >= 4 is 11.6 Å². The number of anilines is 1. The van der Waals surface area contributed by atoms with Crippen molar-refractivity contribution in [3.63, 3.8) is 0 Å². The van der Waals surface area contributed by atoms with Crippen molar-refractivity contribution in [3.8, 4) is 0 Å². The van der Waals surface area contributed by atoms with Crippen molar-refractivity contribution in [1.82, 2.24) is 4.90 Å². The molecule has 1 amide bonds. The number of benzene rings is 1. The van der Waals surface area contributed by atoms with Gasteiger partial charge in [-0.2, -0.15) is 0 Å². The Morgan fingerprint density at radius 2 is 1.68 bits per heavy atom. The molecule has 1 atom stereocenters. The predicted molar refractivity (Wildman–Crippen MR) is 91.1 cm³/mol. The monoisotopic (exact) mass is 300 g/mol. The van der Waals surface area contributed by atoms with Crippen molar-refractivity contribution in [3.05, 3.63) is 29.3 Å². The van der Waals surface area contributed by atoms with Gasteiger partial charge >= 0.3 is 0 Å². The van der Waals surface area contributed by atoms with E-state index >= 15 is 0 Å². The molecule has 1 unspecified atom stereocenters. The van der Waals surface area contributed by atoms with Crippen LogP contribution in [-0.2, 0) is 4.79 Å². The van der Waals surface area contributed by atoms with E-state index in [2.05, 4.69) is 36.2 Å². The molecule has 0 spiro atoms. The van der Waals surface area contributed by atoms with Gasteiger partial charge in [0.2, 0.25) is 5.91 Å². The zero-order valence-corrected chi connectivity index (χ0v) is 13.9. The standard InChI is InChI=1S/C19H28N2O/c1-14-8-7-9-15(2)18(14)20-19(22)17-12-5-6-13-21(17)16-10-3-4-11-16/h7-9,16-17H,3-6,10-13H2,1-2H3,(H,20,22). The van der Waals surface area contributed by atoms with Crippen LogP contribution in [0.2, 0.25) is 0 Å². The second-order valence-electron chi connectivity index (χ2n) is 6.94. The number of carbonyl (C=O) groups is 1. The molecule has 1 N–H and O–H groups in total. The van der Waals surface area contributed by atoms with Gasteiger partial charge in [0, 0.05) is 11.7 Å². The lowest BCUT2D eigenvalue weighted by Crippen LogP contribution is -2.51. The topological polar surface area (TPSA) is 32.3 Å². The van der Waals surface area contributed by atoms with Gasteiger partial charge in [-0.15, -0.1) is 0 Å². The summed E-state index contributed by atoms with van der Waals surface area (Å²) in [6, 6.07) is 6.88. The molecule has 1 saturated heterocycles. The Balaban J connectivity index is 1.74. The molecule has 2 fully saturated rings. The zero-order chi connectivity index (χ0) is 15.5. The summed E-state index contributed by atoms with van der Waals surface area (Å²) in [7, 11) is 0. The second kappa shape index (κ2) is 6.82.